The van der Waals surface area contributed by atoms with Gasteiger partial charge in [-0.15, -0.1) is 0 Å². The van der Waals surface area contributed by atoms with Gasteiger partial charge in [0.15, 0.2) is 0 Å². The Morgan fingerprint density at radius 2 is 2.00 bits per heavy atom. The van der Waals surface area contributed by atoms with Crippen molar-refractivity contribution in [1.29, 1.82) is 0 Å². The Bertz CT molecular complexity index is 29.8. The van der Waals surface area contributed by atoms with Gasteiger partial charge in [-0.25, -0.2) is 0 Å². The minimum atomic E-state index is 0. The van der Waals surface area contributed by atoms with Crippen molar-refractivity contribution in [3.8, 4) is 0 Å². The zero-order chi connectivity index (χ0) is 4.28. The monoisotopic (exact) mass is 78.1 g/mol. The van der Waals surface area contributed by atoms with Crippen LogP contribution in [0.25, 0.3) is 0 Å². The topological polar surface area (TPSA) is 0 Å². The second-order valence-corrected chi connectivity index (χ2v) is 1.39. The largest absolute Gasteiger partial charge is 1.00 e. The van der Waals surface area contributed by atoms with Gasteiger partial charge in [0.1, 0.15) is 0 Å². The van der Waals surface area contributed by atoms with E-state index in [1.807, 2.05) is 6.92 Å². The molecule has 0 spiro atoms. The Labute approximate surface area is 57.7 Å². The molecule has 0 aliphatic heterocycles. The summed E-state index contributed by atoms with van der Waals surface area (Å²) in [5, 5.41) is 0. The van der Waals surface area contributed by atoms with Crippen LogP contribution in [0.3, 0.4) is 0 Å². The van der Waals surface area contributed by atoms with Crippen LogP contribution in [-0.4, -0.2) is 7.85 Å². The molecule has 1 atom stereocenters. The van der Waals surface area contributed by atoms with E-state index in [1.54, 1.807) is 0 Å². The van der Waals surface area contributed by atoms with Crippen molar-refractivity contribution in [1.82, 2.24) is 0 Å². The van der Waals surface area contributed by atoms with Gasteiger partial charge in [0.2, 0.25) is 0 Å². The van der Waals surface area contributed by atoms with Crippen LogP contribution in [0, 0.1) is 0 Å². The summed E-state index contributed by atoms with van der Waals surface area (Å²) in [6.45, 7) is 4.07. The van der Waals surface area contributed by atoms with E-state index in [0.717, 1.165) is 6.42 Å². The molecule has 0 radical (unpaired) electrons. The zero-order valence-electron chi connectivity index (χ0n) is 7.86. The molecule has 0 amide bonds. The van der Waals surface area contributed by atoms with Gasteiger partial charge in [-0.2, -0.15) is 0 Å². The molecule has 0 aromatic rings. The molecule has 32 valence electrons. The van der Waals surface area contributed by atoms with Crippen LogP contribution in [0.4, 0.5) is 0 Å². The molecule has 0 aromatic heterocycles. The minimum absolute atomic E-state index is 0. The van der Waals surface area contributed by atoms with Crippen LogP contribution in [0.1, 0.15) is 24.5 Å². The Balaban J connectivity index is -0.0000000133. The molecule has 0 N–H and O–H groups in total. The van der Waals surface area contributed by atoms with Crippen molar-refractivity contribution in [2.45, 2.75) is 26.1 Å². The van der Waals surface area contributed by atoms with Gasteiger partial charge < -0.3 is 4.28 Å². The van der Waals surface area contributed by atoms with E-state index in [4.69, 9.17) is 7.85 Å². The van der Waals surface area contributed by atoms with E-state index >= 15 is 0 Å². The predicted octanol–water partition coefficient (Wildman–Crippen LogP) is -1.29. The van der Waals surface area contributed by atoms with Gasteiger partial charge in [-0.05, 0) is 0 Å². The molecule has 2 heteroatoms. The van der Waals surface area contributed by atoms with Crippen molar-refractivity contribution in [2.24, 2.45) is 0 Å². The fourth-order valence-electron chi connectivity index (χ4n) is 0. The van der Waals surface area contributed by atoms with Gasteiger partial charge in [0.25, 0.3) is 0 Å². The SMILES string of the molecule is [B+2]C(C)CC.[H-].[H-].[H-].[Li+]. The summed E-state index contributed by atoms with van der Waals surface area (Å²) in [4.78, 5) is 0. The van der Waals surface area contributed by atoms with E-state index < -0.39 is 0 Å². The maximum atomic E-state index is 5.29. The zero-order valence-corrected chi connectivity index (χ0v) is 4.86. The van der Waals surface area contributed by atoms with Crippen LogP contribution < -0.4 is 18.9 Å². The molecule has 0 saturated heterocycles. The summed E-state index contributed by atoms with van der Waals surface area (Å²) in [6.07, 6.45) is 1.08. The fraction of sp³-hybridized carbons (Fsp3) is 1.00. The van der Waals surface area contributed by atoms with E-state index in [2.05, 4.69) is 6.92 Å². The van der Waals surface area contributed by atoms with Gasteiger partial charge in [0.05, 0.1) is 0 Å². The molecule has 0 fully saturated rings. The smallest absolute Gasteiger partial charge is 1.00 e. The quantitative estimate of drug-likeness (QED) is 0.342. The standard InChI is InChI=1S/C4H9B.Li.3H/c1-3-4(2)5;;;;/h4H,3H2,1-2H3;;;;/q+2;+1;3*-1. The fourth-order valence-corrected chi connectivity index (χ4v) is 0. The molecule has 0 rings (SSSR count). The maximum Gasteiger partial charge on any atom is 1.00 e. The molecule has 0 aliphatic carbocycles. The maximum absolute atomic E-state index is 5.29. The van der Waals surface area contributed by atoms with Crippen LogP contribution in [0.2, 0.25) is 5.82 Å². The number of hydrogen-bond acceptors (Lipinski definition) is 0. The Morgan fingerprint density at radius 3 is 2.00 bits per heavy atom. The predicted molar refractivity (Wildman–Crippen MR) is 28.8 cm³/mol. The van der Waals surface area contributed by atoms with Crippen molar-refractivity contribution in [3.05, 3.63) is 0 Å². The first-order valence-electron chi connectivity index (χ1n) is 2.03. The van der Waals surface area contributed by atoms with Gasteiger partial charge in [-0.3, -0.25) is 0 Å². The average Bonchev–Trinajstić information content (AvgIpc) is 1.38. The summed E-state index contributed by atoms with van der Waals surface area (Å²) >= 11 is 0. The van der Waals surface area contributed by atoms with Crippen LogP contribution in [0.5, 0.6) is 0 Å². The third-order valence-corrected chi connectivity index (χ3v) is 0.644. The molecule has 0 heterocycles. The van der Waals surface area contributed by atoms with Crippen LogP contribution >= 0.6 is 0 Å². The Hall–Kier alpha value is 0.662. The van der Waals surface area contributed by atoms with Crippen molar-refractivity contribution < 1.29 is 23.1 Å². The van der Waals surface area contributed by atoms with Crippen molar-refractivity contribution in [2.75, 3.05) is 0 Å². The molecule has 0 saturated carbocycles. The van der Waals surface area contributed by atoms with Crippen LogP contribution in [-0.2, 0) is 0 Å². The first kappa shape index (κ1) is 9.83. The summed E-state index contributed by atoms with van der Waals surface area (Å²) in [6, 6.07) is 0. The normalized spacial score (nSPS) is 12.7. The molecule has 0 bridgehead atoms. The molecular weight excluding hydrogens is 65.8 g/mol. The molecule has 0 aromatic carbocycles. The summed E-state index contributed by atoms with van der Waals surface area (Å²) < 4.78 is 0. The van der Waals surface area contributed by atoms with Crippen molar-refractivity contribution in [3.63, 3.8) is 0 Å². The van der Waals surface area contributed by atoms with Gasteiger partial charge in [0, 0.05) is 0 Å². The summed E-state index contributed by atoms with van der Waals surface area (Å²) in [7, 11) is 5.29. The minimum Gasteiger partial charge on any atom is -1.00 e. The second kappa shape index (κ2) is 5.66. The van der Waals surface area contributed by atoms with Gasteiger partial charge >= 0.3 is 52.8 Å². The first-order valence-corrected chi connectivity index (χ1v) is 2.03. The summed E-state index contributed by atoms with van der Waals surface area (Å²) in [5.41, 5.74) is 0. The van der Waals surface area contributed by atoms with Crippen molar-refractivity contribution >= 4 is 7.85 Å². The van der Waals surface area contributed by atoms with E-state index in [9.17, 15) is 0 Å². The molecule has 1 unspecified atom stereocenters. The van der Waals surface area contributed by atoms with E-state index in [1.165, 1.54) is 0 Å². The third-order valence-electron chi connectivity index (χ3n) is 0.644. The first-order chi connectivity index (χ1) is 2.27. The van der Waals surface area contributed by atoms with E-state index in [-0.39, 0.29) is 23.1 Å². The Kier molecular flexibility index (Phi) is 9.27. The third kappa shape index (κ3) is 8.82. The second-order valence-electron chi connectivity index (χ2n) is 1.39. The average molecular weight is 77.9 g/mol. The van der Waals surface area contributed by atoms with E-state index in [0.29, 0.717) is 5.82 Å². The Morgan fingerprint density at radius 1 is 1.83 bits per heavy atom. The molecule has 0 nitrogen and oxygen atoms in total. The number of rotatable bonds is 1. The van der Waals surface area contributed by atoms with Gasteiger partial charge in [-0.1, -0.05) is 0 Å². The van der Waals surface area contributed by atoms with Crippen LogP contribution in [0.15, 0.2) is 0 Å². The summed E-state index contributed by atoms with van der Waals surface area (Å²) in [5.74, 6) is 0.384. The molecule has 6 heavy (non-hydrogen) atoms. The molecule has 0 aliphatic rings. The molecular formula is C4H12BLi. The number of hydrogen-bond donors (Lipinski definition) is 0.